The molecular formula is C10H14O. The maximum atomic E-state index is 11.3. The molecule has 0 aromatic rings. The topological polar surface area (TPSA) is 17.1 Å². The van der Waals surface area contributed by atoms with Crippen LogP contribution in [0.2, 0.25) is 0 Å². The Balaban J connectivity index is 2.71. The minimum Gasteiger partial charge on any atom is -0.294 e. The summed E-state index contributed by atoms with van der Waals surface area (Å²) in [6.45, 7) is 7.62. The highest BCUT2D eigenvalue weighted by atomic mass is 16.1. The van der Waals surface area contributed by atoms with Gasteiger partial charge in [0, 0.05) is 5.41 Å². The normalized spacial score (nSPS) is 21.6. The highest BCUT2D eigenvalue weighted by Crippen LogP contribution is 2.34. The molecule has 1 rings (SSSR count). The van der Waals surface area contributed by atoms with E-state index < -0.39 is 0 Å². The van der Waals surface area contributed by atoms with E-state index in [4.69, 9.17) is 0 Å². The lowest BCUT2D eigenvalue weighted by Gasteiger charge is -2.14. The Kier molecular flexibility index (Phi) is 1.99. The molecule has 60 valence electrons. The minimum atomic E-state index is -0.154. The van der Waals surface area contributed by atoms with Crippen molar-refractivity contribution in [1.29, 1.82) is 0 Å². The zero-order valence-electron chi connectivity index (χ0n) is 7.18. The van der Waals surface area contributed by atoms with E-state index in [2.05, 4.69) is 6.58 Å². The van der Waals surface area contributed by atoms with Crippen molar-refractivity contribution in [2.75, 3.05) is 0 Å². The molecule has 0 aromatic heterocycles. The molecule has 0 radical (unpaired) electrons. The fourth-order valence-corrected chi connectivity index (χ4v) is 1.40. The number of rotatable bonds is 2. The summed E-state index contributed by atoms with van der Waals surface area (Å²) < 4.78 is 0. The maximum Gasteiger partial charge on any atom is 0.161 e. The zero-order valence-corrected chi connectivity index (χ0v) is 7.18. The van der Waals surface area contributed by atoms with E-state index >= 15 is 0 Å². The first-order chi connectivity index (χ1) is 5.06. The van der Waals surface area contributed by atoms with Crippen LogP contribution in [0.5, 0.6) is 0 Å². The van der Waals surface area contributed by atoms with Crippen LogP contribution in [-0.4, -0.2) is 5.78 Å². The third kappa shape index (κ3) is 1.59. The Labute approximate surface area is 67.8 Å². The molecule has 0 bridgehead atoms. The van der Waals surface area contributed by atoms with E-state index in [0.717, 1.165) is 12.8 Å². The highest BCUT2D eigenvalue weighted by molar-refractivity contribution is 5.97. The Morgan fingerprint density at radius 3 is 2.73 bits per heavy atom. The Morgan fingerprint density at radius 2 is 2.36 bits per heavy atom. The standard InChI is InChI=1S/C10H14O/c1-4-5-8-6-9(11)10(2,3)7-8/h4,6H,1,5,7H2,2-3H3. The molecule has 0 saturated carbocycles. The number of ketones is 1. The number of carbonyl (C=O) groups excluding carboxylic acids is 1. The van der Waals surface area contributed by atoms with E-state index in [0.29, 0.717) is 0 Å². The van der Waals surface area contributed by atoms with Gasteiger partial charge in [-0.05, 0) is 18.9 Å². The molecule has 0 N–H and O–H groups in total. The van der Waals surface area contributed by atoms with Crippen molar-refractivity contribution in [3.63, 3.8) is 0 Å². The van der Waals surface area contributed by atoms with E-state index in [1.807, 2.05) is 19.9 Å². The van der Waals surface area contributed by atoms with Gasteiger partial charge in [0.05, 0.1) is 0 Å². The molecule has 0 fully saturated rings. The van der Waals surface area contributed by atoms with Gasteiger partial charge in [0.15, 0.2) is 5.78 Å². The average molecular weight is 150 g/mol. The van der Waals surface area contributed by atoms with E-state index in [1.165, 1.54) is 5.57 Å². The lowest BCUT2D eigenvalue weighted by Crippen LogP contribution is -2.16. The molecule has 0 unspecified atom stereocenters. The average Bonchev–Trinajstić information content (AvgIpc) is 2.08. The SMILES string of the molecule is C=CCC1=CC(=O)C(C)(C)C1. The van der Waals surface area contributed by atoms with Crippen molar-refractivity contribution in [1.82, 2.24) is 0 Å². The minimum absolute atomic E-state index is 0.154. The first-order valence-corrected chi connectivity index (χ1v) is 3.91. The molecule has 0 heterocycles. The second kappa shape index (κ2) is 2.65. The van der Waals surface area contributed by atoms with Crippen LogP contribution in [0.15, 0.2) is 24.3 Å². The summed E-state index contributed by atoms with van der Waals surface area (Å²) in [6, 6.07) is 0. The molecule has 11 heavy (non-hydrogen) atoms. The summed E-state index contributed by atoms with van der Waals surface area (Å²) in [5.74, 6) is 0.259. The first-order valence-electron chi connectivity index (χ1n) is 3.91. The van der Waals surface area contributed by atoms with Gasteiger partial charge in [-0.25, -0.2) is 0 Å². The molecule has 1 nitrogen and oxygen atoms in total. The second-order valence-electron chi connectivity index (χ2n) is 3.72. The summed E-state index contributed by atoms with van der Waals surface area (Å²) in [5.41, 5.74) is 1.06. The predicted molar refractivity (Wildman–Crippen MR) is 46.3 cm³/mol. The largest absolute Gasteiger partial charge is 0.294 e. The van der Waals surface area contributed by atoms with Crippen LogP contribution < -0.4 is 0 Å². The summed E-state index contributed by atoms with van der Waals surface area (Å²) >= 11 is 0. The van der Waals surface area contributed by atoms with Crippen molar-refractivity contribution in [2.24, 2.45) is 5.41 Å². The fourth-order valence-electron chi connectivity index (χ4n) is 1.40. The first kappa shape index (κ1) is 8.25. The number of carbonyl (C=O) groups is 1. The Morgan fingerprint density at radius 1 is 1.73 bits per heavy atom. The highest BCUT2D eigenvalue weighted by Gasteiger charge is 2.31. The molecule has 1 aliphatic rings. The lowest BCUT2D eigenvalue weighted by atomic mass is 9.88. The van der Waals surface area contributed by atoms with Crippen LogP contribution in [0.4, 0.5) is 0 Å². The van der Waals surface area contributed by atoms with E-state index in [-0.39, 0.29) is 11.2 Å². The molecule has 0 amide bonds. The molecule has 0 atom stereocenters. The van der Waals surface area contributed by atoms with Gasteiger partial charge in [-0.1, -0.05) is 25.5 Å². The number of hydrogen-bond donors (Lipinski definition) is 0. The van der Waals surface area contributed by atoms with Gasteiger partial charge < -0.3 is 0 Å². The summed E-state index contributed by atoms with van der Waals surface area (Å²) in [6.07, 6.45) is 5.37. The van der Waals surface area contributed by atoms with Crippen LogP contribution in [0, 0.1) is 5.41 Å². The molecule has 1 heteroatoms. The van der Waals surface area contributed by atoms with Crippen LogP contribution in [0.1, 0.15) is 26.7 Å². The monoisotopic (exact) mass is 150 g/mol. The third-order valence-electron chi connectivity index (χ3n) is 2.08. The van der Waals surface area contributed by atoms with E-state index in [1.54, 1.807) is 6.08 Å². The smallest absolute Gasteiger partial charge is 0.161 e. The van der Waals surface area contributed by atoms with Gasteiger partial charge in [0.25, 0.3) is 0 Å². The quantitative estimate of drug-likeness (QED) is 0.553. The Bertz CT molecular complexity index is 221. The van der Waals surface area contributed by atoms with Gasteiger partial charge in [-0.3, -0.25) is 4.79 Å². The molecule has 0 spiro atoms. The van der Waals surface area contributed by atoms with Crippen LogP contribution in [0.25, 0.3) is 0 Å². The molecule has 1 aliphatic carbocycles. The molecular weight excluding hydrogens is 136 g/mol. The van der Waals surface area contributed by atoms with Crippen molar-refractivity contribution in [2.45, 2.75) is 26.7 Å². The van der Waals surface area contributed by atoms with Crippen LogP contribution in [-0.2, 0) is 4.79 Å². The summed E-state index contributed by atoms with van der Waals surface area (Å²) in [7, 11) is 0. The maximum absolute atomic E-state index is 11.3. The molecule has 0 saturated heterocycles. The van der Waals surface area contributed by atoms with Crippen LogP contribution in [0.3, 0.4) is 0 Å². The Hall–Kier alpha value is -0.850. The predicted octanol–water partition coefficient (Wildman–Crippen LogP) is 2.49. The fraction of sp³-hybridized carbons (Fsp3) is 0.500. The van der Waals surface area contributed by atoms with Gasteiger partial charge in [-0.2, -0.15) is 0 Å². The molecule has 0 aliphatic heterocycles. The van der Waals surface area contributed by atoms with Gasteiger partial charge >= 0.3 is 0 Å². The lowest BCUT2D eigenvalue weighted by molar-refractivity contribution is -0.121. The van der Waals surface area contributed by atoms with Crippen molar-refractivity contribution in [3.8, 4) is 0 Å². The van der Waals surface area contributed by atoms with Gasteiger partial charge in [0.2, 0.25) is 0 Å². The van der Waals surface area contributed by atoms with Crippen molar-refractivity contribution in [3.05, 3.63) is 24.3 Å². The van der Waals surface area contributed by atoms with E-state index in [9.17, 15) is 4.79 Å². The number of allylic oxidation sites excluding steroid dienone is 3. The van der Waals surface area contributed by atoms with Gasteiger partial charge in [-0.15, -0.1) is 6.58 Å². The zero-order chi connectivity index (χ0) is 8.48. The van der Waals surface area contributed by atoms with Crippen molar-refractivity contribution < 1.29 is 4.79 Å². The third-order valence-corrected chi connectivity index (χ3v) is 2.08. The van der Waals surface area contributed by atoms with Crippen molar-refractivity contribution >= 4 is 5.78 Å². The second-order valence-corrected chi connectivity index (χ2v) is 3.72. The number of hydrogen-bond acceptors (Lipinski definition) is 1. The molecule has 0 aromatic carbocycles. The van der Waals surface area contributed by atoms with Crippen LogP contribution >= 0.6 is 0 Å². The summed E-state index contributed by atoms with van der Waals surface area (Å²) in [5, 5.41) is 0. The van der Waals surface area contributed by atoms with Gasteiger partial charge in [0.1, 0.15) is 0 Å². The summed E-state index contributed by atoms with van der Waals surface area (Å²) in [4.78, 5) is 11.3.